The molecule has 2 unspecified atom stereocenters. The Morgan fingerprint density at radius 1 is 1.27 bits per heavy atom. The molecule has 4 nitrogen and oxygen atoms in total. The fourth-order valence-corrected chi connectivity index (χ4v) is 4.60. The van der Waals surface area contributed by atoms with Gasteiger partial charge in [-0.2, -0.15) is 0 Å². The van der Waals surface area contributed by atoms with E-state index in [0.29, 0.717) is 11.7 Å². The summed E-state index contributed by atoms with van der Waals surface area (Å²) in [4.78, 5) is 0. The summed E-state index contributed by atoms with van der Waals surface area (Å²) < 4.78 is 23.8. The van der Waals surface area contributed by atoms with Gasteiger partial charge in [-0.3, -0.25) is 11.3 Å². The minimum atomic E-state index is -2.90. The highest BCUT2D eigenvalue weighted by atomic mass is 32.2. The van der Waals surface area contributed by atoms with Crippen LogP contribution in [-0.2, 0) is 9.84 Å². The molecule has 1 heterocycles. The number of sulfone groups is 1. The van der Waals surface area contributed by atoms with Gasteiger partial charge in [0.25, 0.3) is 0 Å². The summed E-state index contributed by atoms with van der Waals surface area (Å²) in [7, 11) is -2.90. The molecule has 2 aliphatic rings. The van der Waals surface area contributed by atoms with Crippen molar-refractivity contribution in [2.24, 2.45) is 11.8 Å². The fourth-order valence-electron chi connectivity index (χ4n) is 2.47. The Bertz CT molecular complexity index is 311. The van der Waals surface area contributed by atoms with Gasteiger partial charge in [0.2, 0.25) is 0 Å². The normalized spacial score (nSPS) is 32.5. The lowest BCUT2D eigenvalue weighted by Gasteiger charge is -2.29. The summed E-state index contributed by atoms with van der Waals surface area (Å²) in [5, 5.41) is -0.239. The Morgan fingerprint density at radius 3 is 2.53 bits per heavy atom. The van der Waals surface area contributed by atoms with Crippen LogP contribution in [0, 0.1) is 5.92 Å². The molecule has 5 heteroatoms. The van der Waals surface area contributed by atoms with E-state index in [1.807, 2.05) is 0 Å². The van der Waals surface area contributed by atoms with E-state index < -0.39 is 9.84 Å². The molecular formula is C10H20N2O2S. The third kappa shape index (κ3) is 2.71. The second-order valence-electron chi connectivity index (χ2n) is 4.85. The molecule has 1 aliphatic carbocycles. The number of rotatable bonds is 4. The average Bonchev–Trinajstić information content (AvgIpc) is 2.98. The number of hydrazine groups is 1. The molecule has 0 bridgehead atoms. The van der Waals surface area contributed by atoms with Crippen LogP contribution in [-0.4, -0.2) is 25.5 Å². The first-order valence-electron chi connectivity index (χ1n) is 5.81. The van der Waals surface area contributed by atoms with Crippen LogP contribution in [0.1, 0.15) is 38.5 Å². The van der Waals surface area contributed by atoms with E-state index in [1.54, 1.807) is 0 Å². The van der Waals surface area contributed by atoms with E-state index in [0.717, 1.165) is 25.7 Å². The third-order valence-electron chi connectivity index (χ3n) is 3.58. The largest absolute Gasteiger partial charge is 0.271 e. The summed E-state index contributed by atoms with van der Waals surface area (Å²) in [6.45, 7) is 0. The zero-order chi connectivity index (χ0) is 10.9. The maximum atomic E-state index is 11.9. The van der Waals surface area contributed by atoms with Crippen LogP contribution in [0.5, 0.6) is 0 Å². The quantitative estimate of drug-likeness (QED) is 0.549. The van der Waals surface area contributed by atoms with Crippen molar-refractivity contribution in [2.75, 3.05) is 5.75 Å². The number of nitrogens with one attached hydrogen (secondary N) is 1. The first kappa shape index (κ1) is 11.4. The predicted octanol–water partition coefficient (Wildman–Crippen LogP) is 0.586. The second kappa shape index (κ2) is 4.39. The molecule has 1 saturated carbocycles. The van der Waals surface area contributed by atoms with Gasteiger partial charge in [-0.1, -0.05) is 19.3 Å². The lowest BCUT2D eigenvalue weighted by Crippen LogP contribution is -2.49. The third-order valence-corrected chi connectivity index (χ3v) is 5.92. The average molecular weight is 232 g/mol. The van der Waals surface area contributed by atoms with Crippen molar-refractivity contribution in [1.82, 2.24) is 5.43 Å². The number of nitrogens with two attached hydrogens (primary N) is 1. The molecule has 0 radical (unpaired) electrons. The van der Waals surface area contributed by atoms with Gasteiger partial charge < -0.3 is 0 Å². The van der Waals surface area contributed by atoms with Crippen LogP contribution in [0.3, 0.4) is 0 Å². The van der Waals surface area contributed by atoms with Crippen molar-refractivity contribution in [3.8, 4) is 0 Å². The molecule has 0 aromatic carbocycles. The highest BCUT2D eigenvalue weighted by Crippen LogP contribution is 2.36. The van der Waals surface area contributed by atoms with Crippen LogP contribution >= 0.6 is 0 Å². The lowest BCUT2D eigenvalue weighted by atomic mass is 10.0. The molecule has 1 saturated heterocycles. The molecular weight excluding hydrogens is 212 g/mol. The summed E-state index contributed by atoms with van der Waals surface area (Å²) in [6.07, 6.45) is 6.03. The molecule has 0 spiro atoms. The maximum absolute atomic E-state index is 11.9. The molecule has 88 valence electrons. The molecule has 2 fully saturated rings. The van der Waals surface area contributed by atoms with Crippen molar-refractivity contribution in [2.45, 2.75) is 49.8 Å². The van der Waals surface area contributed by atoms with E-state index in [2.05, 4.69) is 5.43 Å². The SMILES string of the molecule is NNC(CC1CC1)C1CCCCS1(=O)=O. The van der Waals surface area contributed by atoms with Crippen molar-refractivity contribution in [3.63, 3.8) is 0 Å². The van der Waals surface area contributed by atoms with Gasteiger partial charge in [-0.05, 0) is 25.2 Å². The molecule has 2 rings (SSSR count). The Morgan fingerprint density at radius 2 is 2.00 bits per heavy atom. The van der Waals surface area contributed by atoms with Crippen LogP contribution < -0.4 is 11.3 Å². The molecule has 0 aromatic rings. The highest BCUT2D eigenvalue weighted by molar-refractivity contribution is 7.92. The molecule has 0 amide bonds. The van der Waals surface area contributed by atoms with Crippen LogP contribution in [0.25, 0.3) is 0 Å². The minimum absolute atomic E-state index is 0.0252. The highest BCUT2D eigenvalue weighted by Gasteiger charge is 2.37. The van der Waals surface area contributed by atoms with Gasteiger partial charge in [0.1, 0.15) is 0 Å². The fraction of sp³-hybridized carbons (Fsp3) is 1.00. The summed E-state index contributed by atoms with van der Waals surface area (Å²) in [5.74, 6) is 6.55. The Hall–Kier alpha value is -0.130. The van der Waals surface area contributed by atoms with E-state index in [9.17, 15) is 8.42 Å². The van der Waals surface area contributed by atoms with Gasteiger partial charge in [0.15, 0.2) is 9.84 Å². The van der Waals surface area contributed by atoms with Gasteiger partial charge in [-0.15, -0.1) is 0 Å². The lowest BCUT2D eigenvalue weighted by molar-refractivity contribution is 0.408. The number of hydrogen-bond acceptors (Lipinski definition) is 4. The molecule has 15 heavy (non-hydrogen) atoms. The molecule has 3 N–H and O–H groups in total. The number of hydrogen-bond donors (Lipinski definition) is 2. The zero-order valence-corrected chi connectivity index (χ0v) is 9.80. The van der Waals surface area contributed by atoms with Crippen molar-refractivity contribution in [1.29, 1.82) is 0 Å². The Labute approximate surface area is 91.5 Å². The Kier molecular flexibility index (Phi) is 3.33. The van der Waals surface area contributed by atoms with E-state index in [-0.39, 0.29) is 11.3 Å². The first-order valence-corrected chi connectivity index (χ1v) is 7.53. The van der Waals surface area contributed by atoms with E-state index in [1.165, 1.54) is 12.8 Å². The van der Waals surface area contributed by atoms with Gasteiger partial charge >= 0.3 is 0 Å². The van der Waals surface area contributed by atoms with E-state index >= 15 is 0 Å². The zero-order valence-electron chi connectivity index (χ0n) is 8.98. The minimum Gasteiger partial charge on any atom is -0.271 e. The summed E-state index contributed by atoms with van der Waals surface area (Å²) in [6, 6.07) is -0.0252. The van der Waals surface area contributed by atoms with Crippen molar-refractivity contribution < 1.29 is 8.42 Å². The Balaban J connectivity index is 2.03. The van der Waals surface area contributed by atoms with Gasteiger partial charge in [0.05, 0.1) is 11.0 Å². The van der Waals surface area contributed by atoms with Crippen LogP contribution in [0.4, 0.5) is 0 Å². The van der Waals surface area contributed by atoms with Crippen LogP contribution in [0.15, 0.2) is 0 Å². The molecule has 1 aliphatic heterocycles. The molecule has 2 atom stereocenters. The second-order valence-corrected chi connectivity index (χ2v) is 7.19. The maximum Gasteiger partial charge on any atom is 0.154 e. The van der Waals surface area contributed by atoms with Crippen molar-refractivity contribution in [3.05, 3.63) is 0 Å². The van der Waals surface area contributed by atoms with Crippen molar-refractivity contribution >= 4 is 9.84 Å². The summed E-state index contributed by atoms with van der Waals surface area (Å²) >= 11 is 0. The predicted molar refractivity (Wildman–Crippen MR) is 59.9 cm³/mol. The van der Waals surface area contributed by atoms with Gasteiger partial charge in [0, 0.05) is 6.04 Å². The smallest absolute Gasteiger partial charge is 0.154 e. The van der Waals surface area contributed by atoms with Crippen LogP contribution in [0.2, 0.25) is 0 Å². The first-order chi connectivity index (χ1) is 7.13. The van der Waals surface area contributed by atoms with E-state index in [4.69, 9.17) is 5.84 Å². The molecule has 0 aromatic heterocycles. The van der Waals surface area contributed by atoms with Gasteiger partial charge in [-0.25, -0.2) is 8.42 Å². The standard InChI is InChI=1S/C10H20N2O2S/c11-12-9(7-8-4-5-8)10-3-1-2-6-15(10,13)14/h8-10,12H,1-7,11H2. The summed E-state index contributed by atoms with van der Waals surface area (Å²) in [5.41, 5.74) is 2.72. The monoisotopic (exact) mass is 232 g/mol. The topological polar surface area (TPSA) is 72.2 Å².